The SMILES string of the molecule is CC1(C)CN(c2cnc(Br)cn2)C1. The van der Waals surface area contributed by atoms with Gasteiger partial charge in [-0.05, 0) is 21.3 Å². The number of aromatic nitrogens is 2. The van der Waals surface area contributed by atoms with Crippen LogP contribution in [0.4, 0.5) is 5.82 Å². The van der Waals surface area contributed by atoms with E-state index < -0.39 is 0 Å². The normalized spacial score (nSPS) is 19.8. The van der Waals surface area contributed by atoms with Crippen LogP contribution in [0, 0.1) is 5.41 Å². The highest BCUT2D eigenvalue weighted by Gasteiger charge is 2.34. The molecule has 1 aromatic rings. The van der Waals surface area contributed by atoms with Crippen molar-refractivity contribution in [2.24, 2.45) is 5.41 Å². The molecule has 1 aromatic heterocycles. The summed E-state index contributed by atoms with van der Waals surface area (Å²) in [6.45, 7) is 6.66. The van der Waals surface area contributed by atoms with Gasteiger partial charge >= 0.3 is 0 Å². The first kappa shape index (κ1) is 8.94. The Morgan fingerprint density at radius 2 is 2.00 bits per heavy atom. The summed E-state index contributed by atoms with van der Waals surface area (Å²) in [6.07, 6.45) is 3.54. The van der Waals surface area contributed by atoms with Crippen molar-refractivity contribution in [2.45, 2.75) is 13.8 Å². The van der Waals surface area contributed by atoms with E-state index in [1.807, 2.05) is 0 Å². The topological polar surface area (TPSA) is 29.0 Å². The van der Waals surface area contributed by atoms with Crippen LogP contribution in [0.25, 0.3) is 0 Å². The molecule has 2 heterocycles. The van der Waals surface area contributed by atoms with Crippen molar-refractivity contribution in [1.82, 2.24) is 9.97 Å². The molecule has 0 aliphatic carbocycles. The predicted molar refractivity (Wildman–Crippen MR) is 55.7 cm³/mol. The maximum Gasteiger partial charge on any atom is 0.147 e. The minimum Gasteiger partial charge on any atom is -0.354 e. The van der Waals surface area contributed by atoms with E-state index in [9.17, 15) is 0 Å². The Balaban J connectivity index is 2.08. The minimum atomic E-state index is 0.439. The molecule has 2 rings (SSSR count). The van der Waals surface area contributed by atoms with E-state index in [4.69, 9.17) is 0 Å². The van der Waals surface area contributed by atoms with Crippen molar-refractivity contribution in [1.29, 1.82) is 0 Å². The molecule has 1 aliphatic heterocycles. The number of anilines is 1. The van der Waals surface area contributed by atoms with Gasteiger partial charge in [-0.15, -0.1) is 0 Å². The third kappa shape index (κ3) is 1.82. The molecular formula is C9H12BrN3. The number of halogens is 1. The Labute approximate surface area is 86.3 Å². The van der Waals surface area contributed by atoms with Crippen molar-refractivity contribution in [3.8, 4) is 0 Å². The van der Waals surface area contributed by atoms with Gasteiger partial charge in [-0.1, -0.05) is 13.8 Å². The fourth-order valence-corrected chi connectivity index (χ4v) is 1.82. The third-order valence-corrected chi connectivity index (χ3v) is 2.58. The summed E-state index contributed by atoms with van der Waals surface area (Å²) in [5, 5.41) is 0. The molecule has 3 nitrogen and oxygen atoms in total. The summed E-state index contributed by atoms with van der Waals surface area (Å²) in [6, 6.07) is 0. The lowest BCUT2D eigenvalue weighted by atomic mass is 9.84. The van der Waals surface area contributed by atoms with Gasteiger partial charge in [-0.25, -0.2) is 9.97 Å². The van der Waals surface area contributed by atoms with E-state index in [2.05, 4.69) is 44.6 Å². The summed E-state index contributed by atoms with van der Waals surface area (Å²) in [4.78, 5) is 10.7. The molecule has 1 fully saturated rings. The van der Waals surface area contributed by atoms with Crippen LogP contribution in [-0.4, -0.2) is 23.1 Å². The molecule has 1 saturated heterocycles. The maximum atomic E-state index is 4.28. The number of hydrogen-bond donors (Lipinski definition) is 0. The van der Waals surface area contributed by atoms with E-state index >= 15 is 0 Å². The molecular weight excluding hydrogens is 230 g/mol. The monoisotopic (exact) mass is 241 g/mol. The lowest BCUT2D eigenvalue weighted by molar-refractivity contribution is 0.274. The molecule has 0 radical (unpaired) electrons. The first-order chi connectivity index (χ1) is 6.07. The fourth-order valence-electron chi connectivity index (χ4n) is 1.62. The van der Waals surface area contributed by atoms with Gasteiger partial charge in [0.05, 0.1) is 12.4 Å². The highest BCUT2D eigenvalue weighted by molar-refractivity contribution is 9.10. The Hall–Kier alpha value is -0.640. The van der Waals surface area contributed by atoms with Crippen LogP contribution in [0.1, 0.15) is 13.8 Å². The summed E-state index contributed by atoms with van der Waals surface area (Å²) < 4.78 is 0.788. The number of nitrogens with zero attached hydrogens (tertiary/aromatic N) is 3. The predicted octanol–water partition coefficient (Wildman–Crippen LogP) is 2.09. The van der Waals surface area contributed by atoms with Crippen molar-refractivity contribution >= 4 is 21.7 Å². The average Bonchev–Trinajstić information content (AvgIpc) is 2.01. The van der Waals surface area contributed by atoms with Crippen LogP contribution in [0.3, 0.4) is 0 Å². The summed E-state index contributed by atoms with van der Waals surface area (Å²) in [5.74, 6) is 0.975. The summed E-state index contributed by atoms with van der Waals surface area (Å²) in [7, 11) is 0. The van der Waals surface area contributed by atoms with Crippen LogP contribution in [0.15, 0.2) is 17.0 Å². The molecule has 0 atom stereocenters. The molecule has 13 heavy (non-hydrogen) atoms. The first-order valence-electron chi connectivity index (χ1n) is 4.29. The van der Waals surface area contributed by atoms with Crippen molar-refractivity contribution in [2.75, 3.05) is 18.0 Å². The Morgan fingerprint density at radius 3 is 2.46 bits per heavy atom. The second kappa shape index (κ2) is 2.94. The quantitative estimate of drug-likeness (QED) is 0.755. The van der Waals surface area contributed by atoms with Gasteiger partial charge in [0.25, 0.3) is 0 Å². The zero-order chi connectivity index (χ0) is 9.47. The molecule has 0 amide bonds. The van der Waals surface area contributed by atoms with Crippen LogP contribution in [0.5, 0.6) is 0 Å². The van der Waals surface area contributed by atoms with Crippen LogP contribution in [0.2, 0.25) is 0 Å². The van der Waals surface area contributed by atoms with Crippen LogP contribution in [-0.2, 0) is 0 Å². The van der Waals surface area contributed by atoms with Gasteiger partial charge in [-0.2, -0.15) is 0 Å². The van der Waals surface area contributed by atoms with Crippen LogP contribution >= 0.6 is 15.9 Å². The zero-order valence-electron chi connectivity index (χ0n) is 7.79. The van der Waals surface area contributed by atoms with Gasteiger partial charge in [0.2, 0.25) is 0 Å². The molecule has 1 aliphatic rings. The van der Waals surface area contributed by atoms with Gasteiger partial charge in [0.1, 0.15) is 10.4 Å². The molecule has 0 N–H and O–H groups in total. The first-order valence-corrected chi connectivity index (χ1v) is 5.09. The van der Waals surface area contributed by atoms with Gasteiger partial charge in [0, 0.05) is 13.1 Å². The largest absolute Gasteiger partial charge is 0.354 e. The van der Waals surface area contributed by atoms with E-state index in [1.54, 1.807) is 12.4 Å². The van der Waals surface area contributed by atoms with E-state index in [-0.39, 0.29) is 0 Å². The van der Waals surface area contributed by atoms with Crippen molar-refractivity contribution in [3.63, 3.8) is 0 Å². The highest BCUT2D eigenvalue weighted by Crippen LogP contribution is 2.31. The second-order valence-electron chi connectivity index (χ2n) is 4.22. The van der Waals surface area contributed by atoms with Gasteiger partial charge in [-0.3, -0.25) is 0 Å². The van der Waals surface area contributed by atoms with E-state index in [1.165, 1.54) is 0 Å². The molecule has 0 bridgehead atoms. The number of hydrogen-bond acceptors (Lipinski definition) is 3. The van der Waals surface area contributed by atoms with Crippen LogP contribution < -0.4 is 4.90 Å². The third-order valence-electron chi connectivity index (χ3n) is 2.17. The Bertz CT molecular complexity index is 299. The standard InChI is InChI=1S/C9H12BrN3/c1-9(2)5-13(6-9)8-4-11-7(10)3-12-8/h3-4H,5-6H2,1-2H3. The smallest absolute Gasteiger partial charge is 0.147 e. The van der Waals surface area contributed by atoms with Crippen molar-refractivity contribution in [3.05, 3.63) is 17.0 Å². The fraction of sp³-hybridized carbons (Fsp3) is 0.556. The second-order valence-corrected chi connectivity index (χ2v) is 5.03. The molecule has 0 saturated carbocycles. The lowest BCUT2D eigenvalue weighted by Gasteiger charge is -2.46. The van der Waals surface area contributed by atoms with E-state index in [0.29, 0.717) is 5.41 Å². The maximum absolute atomic E-state index is 4.28. The van der Waals surface area contributed by atoms with Gasteiger partial charge < -0.3 is 4.90 Å². The summed E-state index contributed by atoms with van der Waals surface area (Å²) in [5.41, 5.74) is 0.439. The molecule has 0 spiro atoms. The van der Waals surface area contributed by atoms with Gasteiger partial charge in [0.15, 0.2) is 0 Å². The molecule has 4 heteroatoms. The molecule has 70 valence electrons. The lowest BCUT2D eigenvalue weighted by Crippen LogP contribution is -2.53. The minimum absolute atomic E-state index is 0.439. The molecule has 0 aromatic carbocycles. The van der Waals surface area contributed by atoms with Crippen molar-refractivity contribution < 1.29 is 0 Å². The zero-order valence-corrected chi connectivity index (χ0v) is 9.37. The average molecular weight is 242 g/mol. The Morgan fingerprint density at radius 1 is 1.31 bits per heavy atom. The Kier molecular flexibility index (Phi) is 2.02. The number of rotatable bonds is 1. The highest BCUT2D eigenvalue weighted by atomic mass is 79.9. The molecule has 0 unspecified atom stereocenters. The van der Waals surface area contributed by atoms with E-state index in [0.717, 1.165) is 23.5 Å². The summed E-state index contributed by atoms with van der Waals surface area (Å²) >= 11 is 3.26.